The molecule has 0 amide bonds. The van der Waals surface area contributed by atoms with E-state index in [1.807, 2.05) is 30.3 Å². The highest BCUT2D eigenvalue weighted by atomic mass is 16.3. The summed E-state index contributed by atoms with van der Waals surface area (Å²) in [4.78, 5) is 7.12. The number of rotatable bonds is 3. The van der Waals surface area contributed by atoms with Crippen molar-refractivity contribution in [2.45, 2.75) is 45.6 Å². The van der Waals surface area contributed by atoms with Crippen molar-refractivity contribution in [2.75, 3.05) is 4.90 Å². The first kappa shape index (κ1) is 21.7. The van der Waals surface area contributed by atoms with Crippen molar-refractivity contribution in [1.29, 1.82) is 0 Å². The summed E-state index contributed by atoms with van der Waals surface area (Å²) < 4.78 is 6.21. The Morgan fingerprint density at radius 3 is 2.14 bits per heavy atom. The molecule has 6 rings (SSSR count). The summed E-state index contributed by atoms with van der Waals surface area (Å²) in [6.07, 6.45) is 0. The van der Waals surface area contributed by atoms with Crippen LogP contribution >= 0.6 is 0 Å². The first-order chi connectivity index (χ1) is 16.7. The van der Waals surface area contributed by atoms with Crippen molar-refractivity contribution in [3.63, 3.8) is 0 Å². The molecule has 1 heterocycles. The molecule has 0 saturated carbocycles. The molecule has 0 saturated heterocycles. The molecule has 1 aromatic heterocycles. The molecule has 174 valence electrons. The van der Waals surface area contributed by atoms with Gasteiger partial charge in [0.1, 0.15) is 5.52 Å². The Morgan fingerprint density at radius 1 is 0.714 bits per heavy atom. The van der Waals surface area contributed by atoms with Crippen LogP contribution < -0.4 is 4.90 Å². The predicted molar refractivity (Wildman–Crippen MR) is 145 cm³/mol. The van der Waals surface area contributed by atoms with Gasteiger partial charge in [-0.25, -0.2) is 4.98 Å². The lowest BCUT2D eigenvalue weighted by Crippen LogP contribution is -2.37. The second-order valence-corrected chi connectivity index (χ2v) is 10.9. The van der Waals surface area contributed by atoms with E-state index in [2.05, 4.69) is 100 Å². The van der Waals surface area contributed by atoms with Crippen LogP contribution in [-0.4, -0.2) is 10.5 Å². The van der Waals surface area contributed by atoms with Gasteiger partial charge in [0.25, 0.3) is 0 Å². The lowest BCUT2D eigenvalue weighted by molar-refractivity contribution is 0.559. The minimum Gasteiger partial charge on any atom is -0.436 e. The van der Waals surface area contributed by atoms with Crippen molar-refractivity contribution in [2.24, 2.45) is 0 Å². The molecule has 35 heavy (non-hydrogen) atoms. The van der Waals surface area contributed by atoms with E-state index in [1.54, 1.807) is 0 Å². The number of nitrogens with zero attached hydrogens (tertiary/aromatic N) is 2. The monoisotopic (exact) mass is 458 g/mol. The minimum absolute atomic E-state index is 0.0367. The largest absolute Gasteiger partial charge is 0.436 e. The average Bonchev–Trinajstić information content (AvgIpc) is 3.36. The number of aromatic nitrogens is 1. The lowest BCUT2D eigenvalue weighted by atomic mass is 9.82. The highest BCUT2D eigenvalue weighted by Crippen LogP contribution is 2.50. The zero-order valence-electron chi connectivity index (χ0n) is 21.0. The van der Waals surface area contributed by atoms with Gasteiger partial charge in [0.05, 0.1) is 0 Å². The topological polar surface area (TPSA) is 29.3 Å². The van der Waals surface area contributed by atoms with E-state index in [1.165, 1.54) is 27.9 Å². The van der Waals surface area contributed by atoms with E-state index in [4.69, 9.17) is 9.40 Å². The summed E-state index contributed by atoms with van der Waals surface area (Å²) in [6.45, 7) is 11.4. The van der Waals surface area contributed by atoms with Gasteiger partial charge in [-0.3, -0.25) is 0 Å². The number of oxazole rings is 1. The first-order valence-corrected chi connectivity index (χ1v) is 12.2. The number of anilines is 2. The van der Waals surface area contributed by atoms with Crippen molar-refractivity contribution in [1.82, 2.24) is 4.98 Å². The fourth-order valence-corrected chi connectivity index (χ4v) is 5.51. The molecule has 0 aliphatic heterocycles. The van der Waals surface area contributed by atoms with Gasteiger partial charge in [-0.05, 0) is 79.4 Å². The number of benzene rings is 4. The van der Waals surface area contributed by atoms with E-state index >= 15 is 0 Å². The molecule has 0 fully saturated rings. The third-order valence-corrected chi connectivity index (χ3v) is 7.15. The van der Waals surface area contributed by atoms with E-state index in [0.29, 0.717) is 5.89 Å². The van der Waals surface area contributed by atoms with Crippen molar-refractivity contribution in [3.05, 3.63) is 102 Å². The maximum atomic E-state index is 6.21. The number of fused-ring (bicyclic) bond motifs is 4. The van der Waals surface area contributed by atoms with Crippen molar-refractivity contribution >= 4 is 22.5 Å². The van der Waals surface area contributed by atoms with Crippen LogP contribution in [0.5, 0.6) is 0 Å². The molecule has 0 spiro atoms. The highest BCUT2D eigenvalue weighted by molar-refractivity contribution is 5.85. The van der Waals surface area contributed by atoms with E-state index in [0.717, 1.165) is 22.4 Å². The molecular weight excluding hydrogens is 428 g/mol. The van der Waals surface area contributed by atoms with E-state index in [-0.39, 0.29) is 11.0 Å². The molecule has 3 nitrogen and oxygen atoms in total. The maximum Gasteiger partial charge on any atom is 0.227 e. The Kier molecular flexibility index (Phi) is 4.69. The van der Waals surface area contributed by atoms with Crippen molar-refractivity contribution in [3.8, 4) is 22.6 Å². The van der Waals surface area contributed by atoms with Gasteiger partial charge < -0.3 is 9.32 Å². The molecule has 0 radical (unpaired) electrons. The molecule has 4 aromatic carbocycles. The summed E-state index contributed by atoms with van der Waals surface area (Å²) in [5.41, 5.74) is 10.2. The average molecular weight is 459 g/mol. The lowest BCUT2D eigenvalue weighted by Gasteiger charge is -2.38. The normalized spacial score (nSPS) is 14.1. The van der Waals surface area contributed by atoms with Gasteiger partial charge in [0, 0.05) is 34.0 Å². The third-order valence-electron chi connectivity index (χ3n) is 7.15. The number of hydrogen-bond acceptors (Lipinski definition) is 3. The summed E-state index contributed by atoms with van der Waals surface area (Å²) in [5.74, 6) is 0.650. The Morgan fingerprint density at radius 2 is 1.37 bits per heavy atom. The summed E-state index contributed by atoms with van der Waals surface area (Å²) in [5, 5.41) is 0. The van der Waals surface area contributed by atoms with E-state index in [9.17, 15) is 0 Å². The quantitative estimate of drug-likeness (QED) is 0.271. The highest BCUT2D eigenvalue weighted by Gasteiger charge is 2.36. The van der Waals surface area contributed by atoms with Gasteiger partial charge in [0.15, 0.2) is 5.58 Å². The summed E-state index contributed by atoms with van der Waals surface area (Å²) in [6, 6.07) is 32.1. The second kappa shape index (κ2) is 7.58. The van der Waals surface area contributed by atoms with Gasteiger partial charge >= 0.3 is 0 Å². The standard InChI is InChI=1S/C32H30N2O/c1-31(2,3)34(22-15-17-25-24-13-9-10-14-26(24)32(4,5)27(25)19-22)23-16-18-28-29(20-23)35-30(33-28)21-11-7-6-8-12-21/h6-20H,1-5H3. The zero-order chi connectivity index (χ0) is 24.4. The van der Waals surface area contributed by atoms with Crippen LogP contribution in [0.3, 0.4) is 0 Å². The molecule has 0 unspecified atom stereocenters. The molecule has 1 aliphatic rings. The summed E-state index contributed by atoms with van der Waals surface area (Å²) >= 11 is 0. The van der Waals surface area contributed by atoms with Crippen LogP contribution in [0, 0.1) is 0 Å². The fraction of sp³-hybridized carbons (Fsp3) is 0.219. The fourth-order valence-electron chi connectivity index (χ4n) is 5.51. The van der Waals surface area contributed by atoms with Gasteiger partial charge in [-0.1, -0.05) is 62.4 Å². The second-order valence-electron chi connectivity index (χ2n) is 10.9. The first-order valence-electron chi connectivity index (χ1n) is 12.2. The predicted octanol–water partition coefficient (Wildman–Crippen LogP) is 8.74. The zero-order valence-corrected chi connectivity index (χ0v) is 21.0. The molecule has 0 atom stereocenters. The van der Waals surface area contributed by atoms with Crippen LogP contribution in [0.2, 0.25) is 0 Å². The van der Waals surface area contributed by atoms with Crippen molar-refractivity contribution < 1.29 is 4.42 Å². The smallest absolute Gasteiger partial charge is 0.227 e. The number of hydrogen-bond donors (Lipinski definition) is 0. The molecular formula is C32H30N2O. The molecule has 1 aliphatic carbocycles. The minimum atomic E-state index is -0.139. The Bertz CT molecular complexity index is 1550. The third kappa shape index (κ3) is 3.46. The van der Waals surface area contributed by atoms with Crippen LogP contribution in [0.15, 0.2) is 95.4 Å². The van der Waals surface area contributed by atoms with Crippen LogP contribution in [0.1, 0.15) is 45.7 Å². The maximum absolute atomic E-state index is 6.21. The Hall–Kier alpha value is -3.85. The SMILES string of the molecule is CC1(C)c2ccccc2-c2ccc(N(c3ccc4nc(-c5ccccc5)oc4c3)C(C)(C)C)cc21. The summed E-state index contributed by atoms with van der Waals surface area (Å²) in [7, 11) is 0. The molecule has 0 bridgehead atoms. The van der Waals surface area contributed by atoms with Crippen LogP contribution in [0.25, 0.3) is 33.7 Å². The van der Waals surface area contributed by atoms with E-state index < -0.39 is 0 Å². The van der Waals surface area contributed by atoms with Gasteiger partial charge in [-0.15, -0.1) is 0 Å². The van der Waals surface area contributed by atoms with Crippen LogP contribution in [-0.2, 0) is 5.41 Å². The van der Waals surface area contributed by atoms with Gasteiger partial charge in [-0.2, -0.15) is 0 Å². The molecule has 5 aromatic rings. The van der Waals surface area contributed by atoms with Crippen LogP contribution in [0.4, 0.5) is 11.4 Å². The Labute approximate surface area is 207 Å². The van der Waals surface area contributed by atoms with Gasteiger partial charge in [0.2, 0.25) is 5.89 Å². The molecule has 3 heteroatoms. The molecule has 0 N–H and O–H groups in total. The Balaban J connectivity index is 1.46.